The first-order valence-corrected chi connectivity index (χ1v) is 10.3. The number of hydrogen-bond donors (Lipinski definition) is 2. The highest BCUT2D eigenvalue weighted by atomic mass is 16.5. The summed E-state index contributed by atoms with van der Waals surface area (Å²) in [5, 5.41) is 21.5. The van der Waals surface area contributed by atoms with Gasteiger partial charge in [0.2, 0.25) is 0 Å². The zero-order valence-electron chi connectivity index (χ0n) is 18.9. The van der Waals surface area contributed by atoms with Gasteiger partial charge in [-0.3, -0.25) is 9.59 Å². The lowest BCUT2D eigenvalue weighted by Gasteiger charge is -2.16. The Morgan fingerprint density at radius 3 is 1.41 bits per heavy atom. The highest BCUT2D eigenvalue weighted by molar-refractivity contribution is 5.81. The first kappa shape index (κ1) is 24.8. The van der Waals surface area contributed by atoms with E-state index in [1.54, 1.807) is 24.3 Å². The Morgan fingerprint density at radius 1 is 0.719 bits per heavy atom. The van der Waals surface area contributed by atoms with Gasteiger partial charge in [0, 0.05) is 25.0 Å². The van der Waals surface area contributed by atoms with E-state index in [1.807, 2.05) is 0 Å². The van der Waals surface area contributed by atoms with Crippen molar-refractivity contribution in [2.24, 2.45) is 0 Å². The summed E-state index contributed by atoms with van der Waals surface area (Å²) in [6.07, 6.45) is 2.35. The van der Waals surface area contributed by atoms with Crippen molar-refractivity contribution in [3.63, 3.8) is 0 Å². The predicted octanol–water partition coefficient (Wildman–Crippen LogP) is 3.77. The van der Waals surface area contributed by atoms with Crippen molar-refractivity contribution >= 4 is 11.9 Å². The maximum Gasteiger partial charge on any atom is 0.302 e. The van der Waals surface area contributed by atoms with Gasteiger partial charge in [-0.25, -0.2) is 0 Å². The molecule has 2 aromatic carbocycles. The van der Waals surface area contributed by atoms with Gasteiger partial charge in [-0.15, -0.1) is 0 Å². The molecule has 0 radical (unpaired) electrons. The number of phenolic OH excluding ortho intramolecular Hbond substituents is 2. The molecule has 0 aliphatic carbocycles. The van der Waals surface area contributed by atoms with Crippen LogP contribution in [0.25, 0.3) is 11.1 Å². The molecule has 0 bridgehead atoms. The summed E-state index contributed by atoms with van der Waals surface area (Å²) in [6.45, 7) is 3.28. The molecule has 0 atom stereocenters. The van der Waals surface area contributed by atoms with Crippen LogP contribution in [0, 0.1) is 0 Å². The quantitative estimate of drug-likeness (QED) is 0.396. The first-order valence-electron chi connectivity index (χ1n) is 10.3. The van der Waals surface area contributed by atoms with Crippen LogP contribution in [0.4, 0.5) is 0 Å². The number of aromatic hydroxyl groups is 2. The standard InChI is InChI=1S/C24H30O8/c1-15(25)31-9-5-7-17-11-19(23(27)21(13-17)29-3)20-12-18(8-6-10-32-16(2)26)14-22(30-4)24(20)28/h11-14,27-28H,5-10H2,1-4H3. The van der Waals surface area contributed by atoms with Gasteiger partial charge in [0.25, 0.3) is 0 Å². The number of ether oxygens (including phenoxy) is 4. The minimum atomic E-state index is -0.337. The molecule has 0 aromatic heterocycles. The lowest BCUT2D eigenvalue weighted by molar-refractivity contribution is -0.142. The third kappa shape index (κ3) is 6.80. The molecular weight excluding hydrogens is 416 g/mol. The fourth-order valence-electron chi connectivity index (χ4n) is 3.32. The van der Waals surface area contributed by atoms with Crippen LogP contribution in [0.2, 0.25) is 0 Å². The van der Waals surface area contributed by atoms with Gasteiger partial charge < -0.3 is 29.2 Å². The number of rotatable bonds is 11. The van der Waals surface area contributed by atoms with E-state index >= 15 is 0 Å². The Hall–Kier alpha value is -3.42. The van der Waals surface area contributed by atoms with E-state index in [4.69, 9.17) is 18.9 Å². The van der Waals surface area contributed by atoms with Crippen LogP contribution in [0.3, 0.4) is 0 Å². The van der Waals surface area contributed by atoms with Gasteiger partial charge in [0.15, 0.2) is 23.0 Å². The van der Waals surface area contributed by atoms with Crippen molar-refractivity contribution in [3.8, 4) is 34.1 Å². The SMILES string of the molecule is COc1cc(CCCOC(C)=O)cc(-c2cc(CCCOC(C)=O)cc(OC)c2O)c1O. The number of carbonyl (C=O) groups is 2. The molecule has 174 valence electrons. The van der Waals surface area contributed by atoms with E-state index in [0.717, 1.165) is 11.1 Å². The van der Waals surface area contributed by atoms with Gasteiger partial charge in [0.05, 0.1) is 27.4 Å². The van der Waals surface area contributed by atoms with E-state index in [9.17, 15) is 19.8 Å². The summed E-state index contributed by atoms with van der Waals surface area (Å²) >= 11 is 0. The van der Waals surface area contributed by atoms with E-state index in [1.165, 1.54) is 28.1 Å². The van der Waals surface area contributed by atoms with Crippen LogP contribution in [-0.2, 0) is 31.9 Å². The summed E-state index contributed by atoms with van der Waals surface area (Å²) in [7, 11) is 2.90. The Balaban J connectivity index is 2.38. The fraction of sp³-hybridized carbons (Fsp3) is 0.417. The number of hydrogen-bond acceptors (Lipinski definition) is 8. The number of esters is 2. The van der Waals surface area contributed by atoms with Gasteiger partial charge in [0.1, 0.15) is 0 Å². The van der Waals surface area contributed by atoms with Gasteiger partial charge >= 0.3 is 11.9 Å². The largest absolute Gasteiger partial charge is 0.504 e. The number of benzene rings is 2. The molecule has 0 aliphatic rings. The Kier molecular flexibility index (Phi) is 9.19. The molecule has 0 amide bonds. The maximum atomic E-state index is 11.0. The summed E-state index contributed by atoms with van der Waals surface area (Å²) in [6, 6.07) is 6.96. The minimum absolute atomic E-state index is 0.106. The van der Waals surface area contributed by atoms with Crippen LogP contribution in [-0.4, -0.2) is 49.6 Å². The summed E-state index contributed by atoms with van der Waals surface area (Å²) < 4.78 is 20.6. The van der Waals surface area contributed by atoms with Gasteiger partial charge in [-0.1, -0.05) is 0 Å². The van der Waals surface area contributed by atoms with E-state index in [-0.39, 0.29) is 48.2 Å². The molecule has 2 N–H and O–H groups in total. The highest BCUT2D eigenvalue weighted by Crippen LogP contribution is 2.45. The van der Waals surface area contributed by atoms with Crippen LogP contribution < -0.4 is 9.47 Å². The molecule has 8 heteroatoms. The lowest BCUT2D eigenvalue weighted by Crippen LogP contribution is -2.02. The second-order valence-corrected chi connectivity index (χ2v) is 7.28. The summed E-state index contributed by atoms with van der Waals surface area (Å²) in [5.41, 5.74) is 2.48. The average molecular weight is 446 g/mol. The zero-order chi connectivity index (χ0) is 23.7. The van der Waals surface area contributed by atoms with Crippen LogP contribution >= 0.6 is 0 Å². The Morgan fingerprint density at radius 2 is 1.09 bits per heavy atom. The van der Waals surface area contributed by atoms with E-state index in [2.05, 4.69) is 0 Å². The predicted molar refractivity (Wildman–Crippen MR) is 118 cm³/mol. The van der Waals surface area contributed by atoms with Crippen molar-refractivity contribution in [1.29, 1.82) is 0 Å². The maximum absolute atomic E-state index is 11.0. The molecule has 0 spiro atoms. The first-order chi connectivity index (χ1) is 15.3. The normalized spacial score (nSPS) is 10.5. The Labute approximate surface area is 187 Å². The van der Waals surface area contributed by atoms with Crippen molar-refractivity contribution < 1.29 is 38.7 Å². The molecule has 2 rings (SSSR count). The van der Waals surface area contributed by atoms with Gasteiger partial charge in [-0.05, 0) is 61.1 Å². The Bertz CT molecular complexity index is 874. The van der Waals surface area contributed by atoms with E-state index < -0.39 is 0 Å². The minimum Gasteiger partial charge on any atom is -0.504 e. The summed E-state index contributed by atoms with van der Waals surface area (Å²) in [4.78, 5) is 21.9. The second-order valence-electron chi connectivity index (χ2n) is 7.28. The average Bonchev–Trinajstić information content (AvgIpc) is 2.75. The number of methoxy groups -OCH3 is 2. The highest BCUT2D eigenvalue weighted by Gasteiger charge is 2.19. The molecule has 2 aromatic rings. The molecule has 0 fully saturated rings. The van der Waals surface area contributed by atoms with Gasteiger partial charge in [-0.2, -0.15) is 0 Å². The monoisotopic (exact) mass is 446 g/mol. The smallest absolute Gasteiger partial charge is 0.302 e. The molecule has 0 heterocycles. The molecule has 0 saturated heterocycles. The molecule has 32 heavy (non-hydrogen) atoms. The van der Waals surface area contributed by atoms with Crippen LogP contribution in [0.15, 0.2) is 24.3 Å². The van der Waals surface area contributed by atoms with E-state index in [0.29, 0.717) is 36.8 Å². The van der Waals surface area contributed by atoms with Crippen LogP contribution in [0.1, 0.15) is 37.8 Å². The van der Waals surface area contributed by atoms with Crippen molar-refractivity contribution in [1.82, 2.24) is 0 Å². The molecular formula is C24H30O8. The number of carbonyl (C=O) groups excluding carboxylic acids is 2. The zero-order valence-corrected chi connectivity index (χ0v) is 18.9. The van der Waals surface area contributed by atoms with Crippen molar-refractivity contribution in [3.05, 3.63) is 35.4 Å². The lowest BCUT2D eigenvalue weighted by atomic mass is 9.95. The molecule has 0 saturated carbocycles. The van der Waals surface area contributed by atoms with Crippen molar-refractivity contribution in [2.75, 3.05) is 27.4 Å². The van der Waals surface area contributed by atoms with Crippen LogP contribution in [0.5, 0.6) is 23.0 Å². The van der Waals surface area contributed by atoms with Crippen molar-refractivity contribution in [2.45, 2.75) is 39.5 Å². The molecule has 0 aliphatic heterocycles. The second kappa shape index (κ2) is 11.8. The number of aryl methyl sites for hydroxylation is 2. The summed E-state index contributed by atoms with van der Waals surface area (Å²) in [5.74, 6) is -0.350. The third-order valence-corrected chi connectivity index (χ3v) is 4.83. The topological polar surface area (TPSA) is 112 Å². The third-order valence-electron chi connectivity index (χ3n) is 4.83. The molecule has 8 nitrogen and oxygen atoms in total. The fourth-order valence-corrected chi connectivity index (χ4v) is 3.32. The molecule has 0 unspecified atom stereocenters. The number of phenols is 2.